The Bertz CT molecular complexity index is 1900. The Hall–Kier alpha value is -6.57. The molecule has 0 saturated heterocycles. The lowest BCUT2D eigenvalue weighted by atomic mass is 10.1. The number of nitrogens with zero attached hydrogens (tertiary/aromatic N) is 1. The summed E-state index contributed by atoms with van der Waals surface area (Å²) in [5, 5.41) is 6.76. The van der Waals surface area contributed by atoms with Gasteiger partial charge in [-0.1, -0.05) is 6.07 Å². The number of anilines is 1. The quantitative estimate of drug-likeness (QED) is 0.0767. The van der Waals surface area contributed by atoms with Crippen molar-refractivity contribution in [1.29, 1.82) is 0 Å². The highest BCUT2D eigenvalue weighted by Gasteiger charge is 2.20. The predicted octanol–water partition coefficient (Wildman–Crippen LogP) is 5.28. The predicted molar refractivity (Wildman–Crippen MR) is 182 cm³/mol. The van der Waals surface area contributed by atoms with Crippen LogP contribution in [0.4, 0.5) is 5.69 Å². The fourth-order valence-corrected chi connectivity index (χ4v) is 4.53. The van der Waals surface area contributed by atoms with E-state index in [1.807, 2.05) is 0 Å². The first-order chi connectivity index (χ1) is 24.1. The monoisotopic (exact) mass is 685 g/mol. The number of rotatable bonds is 14. The van der Waals surface area contributed by atoms with Crippen LogP contribution in [0.2, 0.25) is 0 Å². The topological polar surface area (TPSA) is 169 Å². The van der Waals surface area contributed by atoms with Gasteiger partial charge >= 0.3 is 11.9 Å². The van der Waals surface area contributed by atoms with Crippen LogP contribution in [0.5, 0.6) is 40.2 Å². The molecule has 0 bridgehead atoms. The zero-order valence-corrected chi connectivity index (χ0v) is 28.2. The molecule has 4 aromatic carbocycles. The van der Waals surface area contributed by atoms with Crippen LogP contribution in [0, 0.1) is 0 Å². The average molecular weight is 686 g/mol. The van der Waals surface area contributed by atoms with Crippen molar-refractivity contribution in [2.24, 2.45) is 5.10 Å². The number of hydrogen-bond acceptors (Lipinski definition) is 12. The fraction of sp³-hybridized carbons (Fsp3) is 0.194. The second-order valence-electron chi connectivity index (χ2n) is 10.1. The van der Waals surface area contributed by atoms with Crippen LogP contribution < -0.4 is 43.9 Å². The molecule has 4 aromatic rings. The third-order valence-corrected chi connectivity index (χ3v) is 6.81. The minimum Gasteiger partial charge on any atom is -0.493 e. The van der Waals surface area contributed by atoms with Gasteiger partial charge < -0.3 is 38.5 Å². The smallest absolute Gasteiger partial charge is 0.343 e. The Morgan fingerprint density at radius 1 is 0.660 bits per heavy atom. The summed E-state index contributed by atoms with van der Waals surface area (Å²) in [7, 11) is 5.73. The Balaban J connectivity index is 1.42. The van der Waals surface area contributed by atoms with E-state index in [-0.39, 0.29) is 46.3 Å². The van der Waals surface area contributed by atoms with E-state index in [1.54, 1.807) is 37.3 Å². The highest BCUT2D eigenvalue weighted by Crippen LogP contribution is 2.39. The maximum Gasteiger partial charge on any atom is 0.343 e. The molecule has 0 saturated carbocycles. The lowest BCUT2D eigenvalue weighted by Crippen LogP contribution is -2.18. The molecule has 14 heteroatoms. The zero-order valence-electron chi connectivity index (χ0n) is 28.2. The van der Waals surface area contributed by atoms with Crippen LogP contribution in [0.25, 0.3) is 0 Å². The first kappa shape index (κ1) is 36.3. The average Bonchev–Trinajstić information content (AvgIpc) is 3.11. The second-order valence-corrected chi connectivity index (χ2v) is 10.1. The number of hydrazone groups is 1. The van der Waals surface area contributed by atoms with Crippen molar-refractivity contribution in [3.63, 3.8) is 0 Å². The Morgan fingerprint density at radius 2 is 1.30 bits per heavy atom. The van der Waals surface area contributed by atoms with E-state index in [1.165, 1.54) is 84.0 Å². The number of esters is 2. The lowest BCUT2D eigenvalue weighted by Gasteiger charge is -2.15. The molecule has 0 fully saturated rings. The molecule has 0 heterocycles. The summed E-state index contributed by atoms with van der Waals surface area (Å²) < 4.78 is 37.6. The first-order valence-electron chi connectivity index (χ1n) is 15.0. The van der Waals surface area contributed by atoms with Crippen molar-refractivity contribution in [2.45, 2.75) is 13.8 Å². The molecular formula is C36H35N3O11. The summed E-state index contributed by atoms with van der Waals surface area (Å²) in [5.41, 5.74) is 3.97. The first-order valence-corrected chi connectivity index (χ1v) is 15.0. The fourth-order valence-electron chi connectivity index (χ4n) is 4.53. The van der Waals surface area contributed by atoms with Gasteiger partial charge in [0.05, 0.1) is 46.8 Å². The van der Waals surface area contributed by atoms with Gasteiger partial charge in [0.2, 0.25) is 5.75 Å². The summed E-state index contributed by atoms with van der Waals surface area (Å²) in [6, 6.07) is 18.3. The van der Waals surface area contributed by atoms with Crippen molar-refractivity contribution in [1.82, 2.24) is 5.43 Å². The van der Waals surface area contributed by atoms with E-state index in [2.05, 4.69) is 15.8 Å². The second kappa shape index (κ2) is 17.0. The van der Waals surface area contributed by atoms with E-state index in [9.17, 15) is 19.2 Å². The van der Waals surface area contributed by atoms with Gasteiger partial charge in [-0.15, -0.1) is 0 Å². The number of methoxy groups -OCH3 is 4. The number of carbonyl (C=O) groups excluding carboxylic acids is 4. The summed E-state index contributed by atoms with van der Waals surface area (Å²) in [6.45, 7) is 3.32. The minimum absolute atomic E-state index is 0.157. The SMILES string of the molecule is CCOc1cc(C=NNC(=O)c2cccc(NC(=O)c3ccc(OC(C)=O)c(OC)c3)c2)ccc1OC(=O)c1cc(OC)c(OC)c(OC)c1. The van der Waals surface area contributed by atoms with E-state index in [0.717, 1.165) is 0 Å². The maximum absolute atomic E-state index is 13.1. The number of ether oxygens (including phenoxy) is 7. The normalized spacial score (nSPS) is 10.5. The molecule has 0 spiro atoms. The van der Waals surface area contributed by atoms with E-state index in [0.29, 0.717) is 28.5 Å². The molecule has 50 heavy (non-hydrogen) atoms. The molecule has 260 valence electrons. The highest BCUT2D eigenvalue weighted by molar-refractivity contribution is 6.05. The third kappa shape index (κ3) is 9.07. The highest BCUT2D eigenvalue weighted by atomic mass is 16.6. The molecule has 0 aliphatic heterocycles. The van der Waals surface area contributed by atoms with Crippen LogP contribution in [0.1, 0.15) is 50.5 Å². The molecule has 0 atom stereocenters. The zero-order chi connectivity index (χ0) is 36.2. The largest absolute Gasteiger partial charge is 0.493 e. The third-order valence-electron chi connectivity index (χ3n) is 6.81. The Morgan fingerprint density at radius 3 is 1.94 bits per heavy atom. The van der Waals surface area contributed by atoms with Gasteiger partial charge in [0, 0.05) is 23.7 Å². The summed E-state index contributed by atoms with van der Waals surface area (Å²) in [5.74, 6) is -0.500. The van der Waals surface area contributed by atoms with Crippen LogP contribution >= 0.6 is 0 Å². The molecule has 0 unspecified atom stereocenters. The van der Waals surface area contributed by atoms with Crippen molar-refractivity contribution < 1.29 is 52.3 Å². The molecule has 0 aliphatic rings. The van der Waals surface area contributed by atoms with Gasteiger partial charge in [-0.05, 0) is 79.2 Å². The molecule has 2 N–H and O–H groups in total. The summed E-state index contributed by atoms with van der Waals surface area (Å²) in [6.07, 6.45) is 1.39. The molecule has 0 radical (unpaired) electrons. The van der Waals surface area contributed by atoms with Gasteiger partial charge in [-0.25, -0.2) is 10.2 Å². The van der Waals surface area contributed by atoms with Crippen LogP contribution in [-0.2, 0) is 4.79 Å². The summed E-state index contributed by atoms with van der Waals surface area (Å²) in [4.78, 5) is 50.1. The Labute approximate surface area is 287 Å². The number of hydrogen-bond donors (Lipinski definition) is 2. The number of amides is 2. The molecule has 0 aromatic heterocycles. The molecular weight excluding hydrogens is 650 g/mol. The van der Waals surface area contributed by atoms with Crippen molar-refractivity contribution in [3.05, 3.63) is 95.1 Å². The Kier molecular flexibility index (Phi) is 12.3. The van der Waals surface area contributed by atoms with E-state index in [4.69, 9.17) is 33.2 Å². The molecule has 4 rings (SSSR count). The maximum atomic E-state index is 13.1. The van der Waals surface area contributed by atoms with E-state index >= 15 is 0 Å². The minimum atomic E-state index is -0.686. The van der Waals surface area contributed by atoms with Gasteiger partial charge in [0.25, 0.3) is 11.8 Å². The van der Waals surface area contributed by atoms with Crippen LogP contribution in [0.15, 0.2) is 77.9 Å². The molecule has 14 nitrogen and oxygen atoms in total. The van der Waals surface area contributed by atoms with Gasteiger partial charge in [-0.2, -0.15) is 5.10 Å². The van der Waals surface area contributed by atoms with Crippen LogP contribution in [0.3, 0.4) is 0 Å². The van der Waals surface area contributed by atoms with Crippen LogP contribution in [-0.4, -0.2) is 65.0 Å². The van der Waals surface area contributed by atoms with Gasteiger partial charge in [0.1, 0.15) is 0 Å². The number of nitrogens with one attached hydrogen (secondary N) is 2. The number of carbonyl (C=O) groups is 4. The van der Waals surface area contributed by atoms with Crippen molar-refractivity contribution >= 4 is 35.7 Å². The molecule has 0 aliphatic carbocycles. The van der Waals surface area contributed by atoms with Crippen molar-refractivity contribution in [2.75, 3.05) is 40.4 Å². The van der Waals surface area contributed by atoms with Gasteiger partial charge in [0.15, 0.2) is 34.5 Å². The van der Waals surface area contributed by atoms with Crippen molar-refractivity contribution in [3.8, 4) is 40.2 Å². The van der Waals surface area contributed by atoms with E-state index < -0.39 is 23.8 Å². The number of benzene rings is 4. The standard InChI is InChI=1S/C36H35N3O11/c1-7-48-30-15-22(11-13-28(30)50-36(43)25-18-31(45-4)33(47-6)32(19-25)46-5)20-37-39-35(42)23-9-8-10-26(16-23)38-34(41)24-12-14-27(49-21(2)40)29(17-24)44-3/h8-20H,7H2,1-6H3,(H,38,41)(H,39,42). The molecule has 2 amide bonds. The lowest BCUT2D eigenvalue weighted by molar-refractivity contribution is -0.132. The summed E-state index contributed by atoms with van der Waals surface area (Å²) >= 11 is 0. The van der Waals surface area contributed by atoms with Gasteiger partial charge in [-0.3, -0.25) is 14.4 Å².